The standard InChI is InChI=1S/C11H15N3O2/c1-7(2)4-5-12-11-13-6-9(10(15)16)8(3)14-11/h4,6H,5H2,1-3H3,(H,15,16)(H,12,13,14). The molecule has 2 N–H and O–H groups in total. The first-order valence-electron chi connectivity index (χ1n) is 4.95. The van der Waals surface area contributed by atoms with E-state index in [1.807, 2.05) is 19.9 Å². The van der Waals surface area contributed by atoms with E-state index >= 15 is 0 Å². The maximum atomic E-state index is 10.7. The van der Waals surface area contributed by atoms with E-state index < -0.39 is 5.97 Å². The van der Waals surface area contributed by atoms with Gasteiger partial charge < -0.3 is 10.4 Å². The lowest BCUT2D eigenvalue weighted by atomic mass is 10.2. The van der Waals surface area contributed by atoms with Gasteiger partial charge in [-0.2, -0.15) is 0 Å². The van der Waals surface area contributed by atoms with E-state index in [1.165, 1.54) is 11.8 Å². The van der Waals surface area contributed by atoms with Crippen LogP contribution in [-0.2, 0) is 0 Å². The number of nitrogens with one attached hydrogen (secondary N) is 1. The van der Waals surface area contributed by atoms with Crippen molar-refractivity contribution in [3.63, 3.8) is 0 Å². The molecular formula is C11H15N3O2. The molecule has 1 rings (SSSR count). The van der Waals surface area contributed by atoms with Gasteiger partial charge in [-0.25, -0.2) is 14.8 Å². The van der Waals surface area contributed by atoms with Crippen LogP contribution < -0.4 is 5.32 Å². The molecule has 0 aliphatic heterocycles. The van der Waals surface area contributed by atoms with Crippen molar-refractivity contribution in [3.8, 4) is 0 Å². The molecular weight excluding hydrogens is 206 g/mol. The van der Waals surface area contributed by atoms with E-state index in [0.29, 0.717) is 18.2 Å². The predicted octanol–water partition coefficient (Wildman–Crippen LogP) is 1.86. The zero-order valence-electron chi connectivity index (χ0n) is 9.61. The van der Waals surface area contributed by atoms with Crippen LogP contribution in [0.1, 0.15) is 29.9 Å². The molecule has 86 valence electrons. The number of hydrogen-bond acceptors (Lipinski definition) is 4. The second kappa shape index (κ2) is 5.25. The molecule has 16 heavy (non-hydrogen) atoms. The van der Waals surface area contributed by atoms with Crippen LogP contribution in [0, 0.1) is 6.92 Å². The zero-order chi connectivity index (χ0) is 12.1. The van der Waals surface area contributed by atoms with Crippen LogP contribution in [0.4, 0.5) is 5.95 Å². The molecule has 5 nitrogen and oxygen atoms in total. The number of nitrogens with zero attached hydrogens (tertiary/aromatic N) is 2. The fraction of sp³-hybridized carbons (Fsp3) is 0.364. The second-order valence-electron chi connectivity index (χ2n) is 3.66. The number of aromatic nitrogens is 2. The van der Waals surface area contributed by atoms with Gasteiger partial charge in [0.1, 0.15) is 0 Å². The quantitative estimate of drug-likeness (QED) is 0.759. The van der Waals surface area contributed by atoms with Crippen LogP contribution in [0.3, 0.4) is 0 Å². The molecule has 5 heteroatoms. The maximum Gasteiger partial charge on any atom is 0.339 e. The molecule has 0 saturated carbocycles. The van der Waals surface area contributed by atoms with Crippen molar-refractivity contribution in [1.29, 1.82) is 0 Å². The predicted molar refractivity (Wildman–Crippen MR) is 61.6 cm³/mol. The normalized spacial score (nSPS) is 9.69. The fourth-order valence-electron chi connectivity index (χ4n) is 1.11. The minimum absolute atomic E-state index is 0.132. The Hall–Kier alpha value is -1.91. The fourth-order valence-corrected chi connectivity index (χ4v) is 1.11. The molecule has 0 fully saturated rings. The first kappa shape index (κ1) is 12.2. The molecule has 1 aromatic heterocycles. The highest BCUT2D eigenvalue weighted by atomic mass is 16.4. The number of hydrogen-bond donors (Lipinski definition) is 2. The van der Waals surface area contributed by atoms with Crippen molar-refractivity contribution in [3.05, 3.63) is 29.1 Å². The van der Waals surface area contributed by atoms with Crippen molar-refractivity contribution in [2.45, 2.75) is 20.8 Å². The second-order valence-corrected chi connectivity index (χ2v) is 3.66. The summed E-state index contributed by atoms with van der Waals surface area (Å²) in [4.78, 5) is 18.7. The summed E-state index contributed by atoms with van der Waals surface area (Å²) in [6.07, 6.45) is 3.32. The number of aryl methyl sites for hydroxylation is 1. The highest BCUT2D eigenvalue weighted by Crippen LogP contribution is 2.06. The molecule has 0 saturated heterocycles. The van der Waals surface area contributed by atoms with E-state index in [-0.39, 0.29) is 5.56 Å². The Labute approximate surface area is 94.2 Å². The van der Waals surface area contributed by atoms with E-state index in [0.717, 1.165) is 0 Å². The first-order valence-corrected chi connectivity index (χ1v) is 4.95. The Morgan fingerprint density at radius 3 is 2.75 bits per heavy atom. The van der Waals surface area contributed by atoms with Gasteiger partial charge in [0.25, 0.3) is 0 Å². The number of anilines is 1. The highest BCUT2D eigenvalue weighted by Gasteiger charge is 2.09. The lowest BCUT2D eigenvalue weighted by Gasteiger charge is -2.04. The van der Waals surface area contributed by atoms with Crippen molar-refractivity contribution < 1.29 is 9.90 Å². The Kier molecular flexibility index (Phi) is 3.99. The van der Waals surface area contributed by atoms with Crippen LogP contribution >= 0.6 is 0 Å². The van der Waals surface area contributed by atoms with Crippen LogP contribution in [-0.4, -0.2) is 27.6 Å². The number of aromatic carboxylic acids is 1. The molecule has 0 spiro atoms. The third-order valence-electron chi connectivity index (χ3n) is 1.98. The smallest absolute Gasteiger partial charge is 0.339 e. The monoisotopic (exact) mass is 221 g/mol. The average Bonchev–Trinajstić information content (AvgIpc) is 2.16. The highest BCUT2D eigenvalue weighted by molar-refractivity contribution is 5.88. The summed E-state index contributed by atoms with van der Waals surface area (Å²) in [5, 5.41) is 11.8. The SMILES string of the molecule is CC(C)=CCNc1ncc(C(=O)O)c(C)n1. The van der Waals surface area contributed by atoms with E-state index in [4.69, 9.17) is 5.11 Å². The lowest BCUT2D eigenvalue weighted by molar-refractivity contribution is 0.0695. The Morgan fingerprint density at radius 1 is 1.56 bits per heavy atom. The summed E-state index contributed by atoms with van der Waals surface area (Å²) < 4.78 is 0. The largest absolute Gasteiger partial charge is 0.478 e. The van der Waals surface area contributed by atoms with Crippen LogP contribution in [0.5, 0.6) is 0 Å². The van der Waals surface area contributed by atoms with Crippen molar-refractivity contribution in [1.82, 2.24) is 9.97 Å². The van der Waals surface area contributed by atoms with Gasteiger partial charge in [0.15, 0.2) is 0 Å². The molecule has 0 atom stereocenters. The van der Waals surface area contributed by atoms with Gasteiger partial charge >= 0.3 is 5.97 Å². The van der Waals surface area contributed by atoms with E-state index in [2.05, 4.69) is 15.3 Å². The summed E-state index contributed by atoms with van der Waals surface area (Å²) >= 11 is 0. The third-order valence-corrected chi connectivity index (χ3v) is 1.98. The Morgan fingerprint density at radius 2 is 2.25 bits per heavy atom. The number of carboxylic acids is 1. The number of carboxylic acid groups (broad SMARTS) is 1. The van der Waals surface area contributed by atoms with E-state index in [1.54, 1.807) is 6.92 Å². The molecule has 0 aliphatic carbocycles. The Balaban J connectivity index is 2.74. The molecule has 0 aliphatic rings. The van der Waals surface area contributed by atoms with E-state index in [9.17, 15) is 4.79 Å². The summed E-state index contributed by atoms with van der Waals surface area (Å²) in [7, 11) is 0. The van der Waals surface area contributed by atoms with Gasteiger partial charge in [0, 0.05) is 12.7 Å². The molecule has 1 aromatic rings. The molecule has 0 aromatic carbocycles. The third kappa shape index (κ3) is 3.34. The molecule has 0 unspecified atom stereocenters. The molecule has 0 bridgehead atoms. The number of rotatable bonds is 4. The zero-order valence-corrected chi connectivity index (χ0v) is 9.61. The van der Waals surface area contributed by atoms with Gasteiger partial charge in [-0.3, -0.25) is 0 Å². The van der Waals surface area contributed by atoms with Crippen molar-refractivity contribution in [2.24, 2.45) is 0 Å². The first-order chi connectivity index (χ1) is 7.50. The summed E-state index contributed by atoms with van der Waals surface area (Å²) in [5.41, 5.74) is 1.79. The van der Waals surface area contributed by atoms with Crippen molar-refractivity contribution in [2.75, 3.05) is 11.9 Å². The van der Waals surface area contributed by atoms with Crippen LogP contribution in [0.2, 0.25) is 0 Å². The van der Waals surface area contributed by atoms with Gasteiger partial charge in [0.05, 0.1) is 11.3 Å². The Bertz CT molecular complexity index is 423. The molecule has 1 heterocycles. The van der Waals surface area contributed by atoms with Gasteiger partial charge in [-0.1, -0.05) is 11.6 Å². The van der Waals surface area contributed by atoms with Gasteiger partial charge in [-0.05, 0) is 20.8 Å². The number of allylic oxidation sites excluding steroid dienone is 1. The number of carbonyl (C=O) groups is 1. The van der Waals surface area contributed by atoms with Gasteiger partial charge in [-0.15, -0.1) is 0 Å². The minimum Gasteiger partial charge on any atom is -0.478 e. The maximum absolute atomic E-state index is 10.7. The minimum atomic E-state index is -1.01. The van der Waals surface area contributed by atoms with Crippen LogP contribution in [0.25, 0.3) is 0 Å². The molecule has 0 amide bonds. The average molecular weight is 221 g/mol. The van der Waals surface area contributed by atoms with Crippen LogP contribution in [0.15, 0.2) is 17.8 Å². The van der Waals surface area contributed by atoms with Gasteiger partial charge in [0.2, 0.25) is 5.95 Å². The van der Waals surface area contributed by atoms with Crippen molar-refractivity contribution >= 4 is 11.9 Å². The summed E-state index contributed by atoms with van der Waals surface area (Å²) in [5.74, 6) is -0.562. The summed E-state index contributed by atoms with van der Waals surface area (Å²) in [6.45, 7) is 6.29. The topological polar surface area (TPSA) is 75.1 Å². The lowest BCUT2D eigenvalue weighted by Crippen LogP contribution is -2.08. The summed E-state index contributed by atoms with van der Waals surface area (Å²) in [6, 6.07) is 0. The molecule has 0 radical (unpaired) electrons.